The van der Waals surface area contributed by atoms with Gasteiger partial charge in [-0.2, -0.15) is 0 Å². The molecule has 0 radical (unpaired) electrons. The molecule has 4 rings (SSSR count). The molecule has 29 heavy (non-hydrogen) atoms. The van der Waals surface area contributed by atoms with Gasteiger partial charge in [-0.3, -0.25) is 0 Å². The molecule has 0 spiro atoms. The molecule has 0 saturated carbocycles. The molecule has 3 aromatic rings. The van der Waals surface area contributed by atoms with Crippen LogP contribution < -0.4 is 10.2 Å². The quantitative estimate of drug-likeness (QED) is 0.708. The first-order chi connectivity index (χ1) is 13.9. The Bertz CT molecular complexity index is 1160. The number of rotatable bonds is 4. The topological polar surface area (TPSA) is 52.7 Å². The van der Waals surface area contributed by atoms with Crippen LogP contribution in [0, 0.1) is 5.82 Å². The molecule has 1 heterocycles. The maximum atomic E-state index is 13.8. The molecule has 1 aliphatic heterocycles. The summed E-state index contributed by atoms with van der Waals surface area (Å²) in [7, 11) is -0.114. The largest absolute Gasteiger partial charge is 0.387 e. The van der Waals surface area contributed by atoms with E-state index in [4.69, 9.17) is 0 Å². The molecule has 0 unspecified atom stereocenters. The Morgan fingerprint density at radius 3 is 2.28 bits per heavy atom. The zero-order valence-electron chi connectivity index (χ0n) is 16.5. The molecular formula is C22H24FN3O2S. The van der Waals surface area contributed by atoms with E-state index >= 15 is 0 Å². The van der Waals surface area contributed by atoms with Gasteiger partial charge in [0.2, 0.25) is 9.84 Å². The van der Waals surface area contributed by atoms with Crippen molar-refractivity contribution < 1.29 is 12.8 Å². The highest BCUT2D eigenvalue weighted by Crippen LogP contribution is 2.40. The Labute approximate surface area is 170 Å². The minimum atomic E-state index is -3.91. The second-order valence-corrected chi connectivity index (χ2v) is 9.23. The fourth-order valence-electron chi connectivity index (χ4n) is 3.87. The van der Waals surface area contributed by atoms with E-state index < -0.39 is 15.7 Å². The number of fused-ring (bicyclic) bond motifs is 1. The predicted molar refractivity (Wildman–Crippen MR) is 115 cm³/mol. The van der Waals surface area contributed by atoms with Crippen molar-refractivity contribution in [3.05, 3.63) is 60.4 Å². The van der Waals surface area contributed by atoms with Crippen LogP contribution in [0.15, 0.2) is 64.4 Å². The fraction of sp³-hybridized carbons (Fsp3) is 0.273. The summed E-state index contributed by atoms with van der Waals surface area (Å²) in [5, 5.41) is 4.90. The number of hydrogen-bond acceptors (Lipinski definition) is 5. The average Bonchev–Trinajstić information content (AvgIpc) is 2.73. The van der Waals surface area contributed by atoms with E-state index in [1.54, 1.807) is 13.1 Å². The monoisotopic (exact) mass is 413 g/mol. The van der Waals surface area contributed by atoms with Crippen molar-refractivity contribution in [3.63, 3.8) is 0 Å². The van der Waals surface area contributed by atoms with Gasteiger partial charge in [0, 0.05) is 49.7 Å². The Kier molecular flexibility index (Phi) is 5.19. The lowest BCUT2D eigenvalue weighted by atomic mass is 10.1. The molecule has 152 valence electrons. The third-order valence-corrected chi connectivity index (χ3v) is 7.25. The molecule has 0 amide bonds. The first kappa shape index (κ1) is 19.7. The van der Waals surface area contributed by atoms with Gasteiger partial charge in [-0.25, -0.2) is 12.8 Å². The molecule has 0 atom stereocenters. The number of anilines is 2. The third-order valence-electron chi connectivity index (χ3n) is 5.48. The maximum Gasteiger partial charge on any atom is 0.208 e. The van der Waals surface area contributed by atoms with Crippen molar-refractivity contribution in [2.75, 3.05) is 50.5 Å². The number of piperazine rings is 1. The SMILES string of the molecule is CNc1c(S(=O)(=O)c2cccc(F)c2)cc(N2CCN(C)CC2)c2ccccc12. The summed E-state index contributed by atoms with van der Waals surface area (Å²) < 4.78 is 40.7. The summed E-state index contributed by atoms with van der Waals surface area (Å²) in [5.74, 6) is -0.572. The predicted octanol–water partition coefficient (Wildman–Crippen LogP) is 3.61. The van der Waals surface area contributed by atoms with Crippen LogP contribution in [0.1, 0.15) is 0 Å². The summed E-state index contributed by atoms with van der Waals surface area (Å²) in [6.45, 7) is 3.46. The van der Waals surface area contributed by atoms with Crippen molar-refractivity contribution in [2.24, 2.45) is 0 Å². The molecule has 1 N–H and O–H groups in total. The van der Waals surface area contributed by atoms with Gasteiger partial charge in [-0.05, 0) is 31.3 Å². The summed E-state index contributed by atoms with van der Waals surface area (Å²) >= 11 is 0. The first-order valence-electron chi connectivity index (χ1n) is 9.59. The van der Waals surface area contributed by atoms with Crippen molar-refractivity contribution >= 4 is 32.0 Å². The standard InChI is InChI=1S/C22H24FN3O2S/c1-24-22-19-9-4-3-8-18(19)20(26-12-10-25(2)11-13-26)15-21(22)29(27,28)17-7-5-6-16(23)14-17/h3-9,14-15,24H,10-13H2,1-2H3. The van der Waals surface area contributed by atoms with E-state index in [1.807, 2.05) is 24.3 Å². The molecule has 0 bridgehead atoms. The van der Waals surface area contributed by atoms with Crippen LogP contribution in [0.25, 0.3) is 10.8 Å². The third kappa shape index (κ3) is 3.56. The molecular weight excluding hydrogens is 389 g/mol. The van der Waals surface area contributed by atoms with Gasteiger partial charge in [0.25, 0.3) is 0 Å². The Balaban J connectivity index is 1.96. The Morgan fingerprint density at radius 1 is 0.931 bits per heavy atom. The van der Waals surface area contributed by atoms with Crippen molar-refractivity contribution in [1.29, 1.82) is 0 Å². The normalized spacial score (nSPS) is 15.6. The van der Waals surface area contributed by atoms with Crippen LogP contribution in [0.3, 0.4) is 0 Å². The molecule has 0 aliphatic carbocycles. The van der Waals surface area contributed by atoms with Gasteiger partial charge in [-0.1, -0.05) is 30.3 Å². The van der Waals surface area contributed by atoms with Crippen molar-refractivity contribution in [2.45, 2.75) is 9.79 Å². The van der Waals surface area contributed by atoms with Gasteiger partial charge in [0.15, 0.2) is 0 Å². The minimum Gasteiger partial charge on any atom is -0.387 e. The number of halogens is 1. The van der Waals surface area contributed by atoms with E-state index in [-0.39, 0.29) is 9.79 Å². The van der Waals surface area contributed by atoms with Crippen molar-refractivity contribution in [1.82, 2.24) is 4.90 Å². The second-order valence-electron chi connectivity index (χ2n) is 7.32. The minimum absolute atomic E-state index is 0.0476. The molecule has 3 aromatic carbocycles. The van der Waals surface area contributed by atoms with Gasteiger partial charge in [-0.15, -0.1) is 0 Å². The molecule has 7 heteroatoms. The van der Waals surface area contributed by atoms with Crippen LogP contribution in [0.2, 0.25) is 0 Å². The number of hydrogen-bond donors (Lipinski definition) is 1. The molecule has 1 saturated heterocycles. The van der Waals surface area contributed by atoms with E-state index in [2.05, 4.69) is 22.2 Å². The molecule has 1 aliphatic rings. The van der Waals surface area contributed by atoms with Gasteiger partial charge >= 0.3 is 0 Å². The van der Waals surface area contributed by atoms with E-state index in [0.29, 0.717) is 5.69 Å². The second kappa shape index (κ2) is 7.65. The maximum absolute atomic E-state index is 13.8. The molecule has 0 aromatic heterocycles. The lowest BCUT2D eigenvalue weighted by molar-refractivity contribution is 0.313. The number of sulfone groups is 1. The van der Waals surface area contributed by atoms with Crippen molar-refractivity contribution in [3.8, 4) is 0 Å². The van der Waals surface area contributed by atoms with Gasteiger partial charge in [0.05, 0.1) is 15.5 Å². The van der Waals surface area contributed by atoms with Crippen LogP contribution in [0.5, 0.6) is 0 Å². The van der Waals surface area contributed by atoms with E-state index in [9.17, 15) is 12.8 Å². The number of likely N-dealkylation sites (N-methyl/N-ethyl adjacent to an activating group) is 1. The summed E-state index contributed by atoms with van der Waals surface area (Å²) in [5.41, 5.74) is 1.42. The van der Waals surface area contributed by atoms with E-state index in [1.165, 1.54) is 18.2 Å². The highest BCUT2D eigenvalue weighted by molar-refractivity contribution is 7.91. The summed E-state index contributed by atoms with van der Waals surface area (Å²) in [6, 6.07) is 14.7. The van der Waals surface area contributed by atoms with Crippen LogP contribution in [-0.2, 0) is 9.84 Å². The first-order valence-corrected chi connectivity index (χ1v) is 11.1. The van der Waals surface area contributed by atoms with Gasteiger partial charge in [0.1, 0.15) is 5.82 Å². The lowest BCUT2D eigenvalue weighted by Crippen LogP contribution is -2.44. The smallest absolute Gasteiger partial charge is 0.208 e. The lowest BCUT2D eigenvalue weighted by Gasteiger charge is -2.35. The zero-order valence-corrected chi connectivity index (χ0v) is 17.3. The highest BCUT2D eigenvalue weighted by atomic mass is 32.2. The Morgan fingerprint density at radius 2 is 1.62 bits per heavy atom. The summed E-state index contributed by atoms with van der Waals surface area (Å²) in [6.07, 6.45) is 0. The van der Waals surface area contributed by atoms with Crippen LogP contribution in [-0.4, -0.2) is 53.6 Å². The average molecular weight is 414 g/mol. The van der Waals surface area contributed by atoms with Gasteiger partial charge < -0.3 is 15.1 Å². The molecule has 1 fully saturated rings. The number of nitrogens with zero attached hydrogens (tertiary/aromatic N) is 2. The van der Waals surface area contributed by atoms with Crippen LogP contribution in [0.4, 0.5) is 15.8 Å². The number of nitrogens with one attached hydrogen (secondary N) is 1. The number of benzene rings is 3. The van der Waals surface area contributed by atoms with E-state index in [0.717, 1.165) is 48.7 Å². The fourth-order valence-corrected chi connectivity index (χ4v) is 5.40. The van der Waals surface area contributed by atoms with Crippen LogP contribution >= 0.6 is 0 Å². The summed E-state index contributed by atoms with van der Waals surface area (Å²) in [4.78, 5) is 4.60. The highest BCUT2D eigenvalue weighted by Gasteiger charge is 2.27. The Hall–Kier alpha value is -2.64. The zero-order chi connectivity index (χ0) is 20.6. The molecule has 5 nitrogen and oxygen atoms in total.